The smallest absolute Gasteiger partial charge is 0.307 e. The van der Waals surface area contributed by atoms with Gasteiger partial charge < -0.3 is 38.5 Å². The standard InChI is InChI=1S/C68H95N9O7S/c1-43-12-9-13-49(32-43)61-45(3)56(61)40-70-63-65(75-20-10-27-81-28-11-21-75)66-71-58(41-85-66)48-16-17-59-53(36-48)55(38-68(5,6)42-84-60(78)37-57-50-34-51(35-50)77(72-57)67(63)79)64(76(59)26-31-83-52-18-29-82-30-19-52)54-33-47(39-69-62(54)46(4)80-8)15-14-44(2)74-24-22-73(7)23-25-74/h9,12,16-17,33,36,39,41,43-46,49-52,56-57,61,63,65,70,72H,10-11,13,18-32,34-35,37-38,40,42H2,1-8H3/t43?,44-,45-,46+,49?,50?,51?,56-,57-,61+,63+,65+/m1/s1. The summed E-state index contributed by atoms with van der Waals surface area (Å²) in [7, 11) is 3.93. The summed E-state index contributed by atoms with van der Waals surface area (Å²) in [5.74, 6) is 10.2. The van der Waals surface area contributed by atoms with Crippen LogP contribution in [-0.4, -0.2) is 176 Å². The monoisotopic (exact) mass is 1180 g/mol. The molecule has 6 aliphatic heterocycles. The Kier molecular flexibility index (Phi) is 19.0. The van der Waals surface area contributed by atoms with Gasteiger partial charge in [0.2, 0.25) is 0 Å². The first kappa shape index (κ1) is 60.7. The first-order chi connectivity index (χ1) is 41.2. The van der Waals surface area contributed by atoms with Crippen molar-refractivity contribution in [2.24, 2.45) is 40.9 Å². The summed E-state index contributed by atoms with van der Waals surface area (Å²) < 4.78 is 33.5. The number of nitrogens with one attached hydrogen (secondary N) is 2. The maximum Gasteiger partial charge on any atom is 0.307 e. The lowest BCUT2D eigenvalue weighted by Gasteiger charge is -2.54. The number of hydrogen-bond donors (Lipinski definition) is 2. The van der Waals surface area contributed by atoms with Gasteiger partial charge in [-0.2, -0.15) is 0 Å². The number of cyclic esters (lactones) is 1. The summed E-state index contributed by atoms with van der Waals surface area (Å²) in [6.45, 7) is 23.9. The predicted octanol–water partition coefficient (Wildman–Crippen LogP) is 9.32. The molecule has 10 atom stereocenters. The van der Waals surface area contributed by atoms with E-state index in [1.54, 1.807) is 18.4 Å². The van der Waals surface area contributed by atoms with E-state index < -0.39 is 11.5 Å². The number of nitrogens with zero attached hydrogens (tertiary/aromatic N) is 7. The number of rotatable bonds is 13. The Balaban J connectivity index is 0.986. The first-order valence-electron chi connectivity index (χ1n) is 32.4. The quantitative estimate of drug-likeness (QED) is 0.0744. The second-order valence-electron chi connectivity index (χ2n) is 27.2. The van der Waals surface area contributed by atoms with Crippen molar-refractivity contribution in [1.29, 1.82) is 0 Å². The summed E-state index contributed by atoms with van der Waals surface area (Å²) in [6, 6.07) is 8.05. The molecule has 0 radical (unpaired) electrons. The van der Waals surface area contributed by atoms with Gasteiger partial charge in [-0.15, -0.1) is 11.3 Å². The minimum absolute atomic E-state index is 0.0386. The van der Waals surface area contributed by atoms with Crippen LogP contribution in [0.15, 0.2) is 48.0 Å². The van der Waals surface area contributed by atoms with Gasteiger partial charge in [-0.1, -0.05) is 57.8 Å². The van der Waals surface area contributed by atoms with Crippen LogP contribution >= 0.6 is 11.3 Å². The van der Waals surface area contributed by atoms with Gasteiger partial charge in [-0.3, -0.25) is 29.4 Å². The highest BCUT2D eigenvalue weighted by atomic mass is 32.1. The number of carbonyl (C=O) groups is 2. The lowest BCUT2D eigenvalue weighted by Crippen LogP contribution is -2.70. The van der Waals surface area contributed by atoms with Crippen LogP contribution in [0, 0.1) is 52.8 Å². The van der Waals surface area contributed by atoms with Crippen molar-refractivity contribution in [2.75, 3.05) is 99.6 Å². The van der Waals surface area contributed by atoms with Gasteiger partial charge in [0.15, 0.2) is 0 Å². The number of carbonyl (C=O) groups excluding carboxylic acids is 2. The van der Waals surface area contributed by atoms with E-state index in [0.29, 0.717) is 75.6 Å². The number of likely N-dealkylation sites (N-methyl/N-ethyl adjacent to an activating group) is 1. The Hall–Kier alpha value is -4.58. The van der Waals surface area contributed by atoms with Gasteiger partial charge in [-0.25, -0.2) is 10.4 Å². The lowest BCUT2D eigenvalue weighted by molar-refractivity contribution is -0.162. The SMILES string of the molecule is CO[C@@H](C)c1ncc(C#C[C@@H](C)N2CCN(C)CC2)cc1-c1c2c3cc(ccc3n1CCOC1CCOCC1)-c1csc(n1)[C@@H](N1CCCOCCC1)[C@H](NC[C@@H]1[C@@H](C)[C@H]1C1CC=CC(C)C1)C(=O)N1N[C@H](CC(=O)OCC(C)(C)C2)C2CC1C2. The Morgan fingerprint density at radius 3 is 2.51 bits per heavy atom. The average molecular weight is 1180 g/mol. The Labute approximate surface area is 509 Å². The molecule has 2 N–H and O–H groups in total. The van der Waals surface area contributed by atoms with E-state index in [0.717, 1.165) is 146 Å². The summed E-state index contributed by atoms with van der Waals surface area (Å²) in [6.07, 6.45) is 14.8. The zero-order valence-corrected chi connectivity index (χ0v) is 52.8. The van der Waals surface area contributed by atoms with Crippen LogP contribution in [0.4, 0.5) is 0 Å². The van der Waals surface area contributed by atoms with E-state index in [1.165, 1.54) is 6.42 Å². The Morgan fingerprint density at radius 1 is 0.965 bits per heavy atom. The van der Waals surface area contributed by atoms with Crippen LogP contribution in [0.5, 0.6) is 0 Å². The summed E-state index contributed by atoms with van der Waals surface area (Å²) in [5, 5.41) is 10.2. The molecule has 3 aliphatic carbocycles. The number of pyridine rings is 1. The molecule has 8 bridgehead atoms. The van der Waals surface area contributed by atoms with Crippen molar-refractivity contribution < 1.29 is 33.3 Å². The van der Waals surface area contributed by atoms with E-state index in [-0.39, 0.29) is 67.2 Å². The van der Waals surface area contributed by atoms with Crippen LogP contribution < -0.4 is 10.7 Å². The van der Waals surface area contributed by atoms with Crippen molar-refractivity contribution in [2.45, 2.75) is 155 Å². The molecule has 1 amide bonds. The maximum absolute atomic E-state index is 15.9. The number of esters is 1. The molecule has 5 saturated heterocycles. The van der Waals surface area contributed by atoms with Gasteiger partial charge in [0.1, 0.15) is 11.0 Å². The number of hydrogen-bond acceptors (Lipinski definition) is 15. The molecule has 4 aromatic rings. The average Bonchev–Trinajstić information content (AvgIpc) is 2.12. The number of piperazine rings is 1. The zero-order valence-electron chi connectivity index (χ0n) is 52.0. The van der Waals surface area contributed by atoms with Crippen molar-refractivity contribution in [3.8, 4) is 34.4 Å². The molecule has 460 valence electrons. The van der Waals surface area contributed by atoms with E-state index in [4.69, 9.17) is 33.7 Å². The molecule has 13 rings (SSSR count). The highest BCUT2D eigenvalue weighted by molar-refractivity contribution is 7.10. The highest BCUT2D eigenvalue weighted by Crippen LogP contribution is 2.54. The number of hydrazine groups is 1. The van der Waals surface area contributed by atoms with E-state index >= 15 is 4.79 Å². The topological polar surface area (TPSA) is 148 Å². The molecule has 1 aromatic carbocycles. The van der Waals surface area contributed by atoms with Crippen molar-refractivity contribution in [3.05, 3.63) is 69.8 Å². The molecule has 16 nitrogen and oxygen atoms in total. The Bertz CT molecular complexity index is 3070. The minimum atomic E-state index is -0.583. The van der Waals surface area contributed by atoms with Crippen LogP contribution in [0.3, 0.4) is 0 Å². The normalized spacial score (nSPS) is 30.7. The number of methoxy groups -OCH3 is 1. The highest BCUT2D eigenvalue weighted by Gasteiger charge is 2.53. The van der Waals surface area contributed by atoms with Crippen LogP contribution in [0.1, 0.15) is 133 Å². The summed E-state index contributed by atoms with van der Waals surface area (Å²) in [4.78, 5) is 48.7. The molecule has 0 spiro atoms. The number of thiazole rings is 1. The third-order valence-electron chi connectivity index (χ3n) is 20.6. The fraction of sp³-hybridized carbons (Fsp3) is 0.676. The van der Waals surface area contributed by atoms with Gasteiger partial charge in [-0.05, 0) is 144 Å². The fourth-order valence-corrected chi connectivity index (χ4v) is 16.3. The number of benzene rings is 1. The molecule has 3 aromatic heterocycles. The third-order valence-corrected chi connectivity index (χ3v) is 21.5. The van der Waals surface area contributed by atoms with Crippen molar-refractivity contribution in [1.82, 2.24) is 45.0 Å². The van der Waals surface area contributed by atoms with Crippen LogP contribution in [0.25, 0.3) is 33.4 Å². The van der Waals surface area contributed by atoms with Gasteiger partial charge >= 0.3 is 5.97 Å². The summed E-state index contributed by atoms with van der Waals surface area (Å²) in [5.41, 5.74) is 10.9. The maximum atomic E-state index is 15.9. The van der Waals surface area contributed by atoms with E-state index in [9.17, 15) is 4.79 Å². The van der Waals surface area contributed by atoms with Gasteiger partial charge in [0.05, 0.1) is 61.0 Å². The number of allylic oxidation sites excluding steroid dienone is 2. The molecular formula is C68H95N9O7S. The molecule has 9 aliphatic rings. The van der Waals surface area contributed by atoms with Crippen molar-refractivity contribution in [3.63, 3.8) is 0 Å². The van der Waals surface area contributed by atoms with Crippen LogP contribution in [-0.2, 0) is 46.2 Å². The molecule has 9 heterocycles. The fourth-order valence-electron chi connectivity index (χ4n) is 15.3. The number of fused-ring (bicyclic) bond motifs is 4. The van der Waals surface area contributed by atoms with Gasteiger partial charge in [0, 0.05) is 136 Å². The number of aromatic nitrogens is 3. The minimum Gasteiger partial charge on any atom is -0.465 e. The second kappa shape index (κ2) is 26.6. The van der Waals surface area contributed by atoms with Crippen LogP contribution in [0.2, 0.25) is 0 Å². The molecule has 2 unspecified atom stereocenters. The predicted molar refractivity (Wildman–Crippen MR) is 334 cm³/mol. The Morgan fingerprint density at radius 2 is 1.74 bits per heavy atom. The van der Waals surface area contributed by atoms with Gasteiger partial charge in [0.25, 0.3) is 5.91 Å². The third kappa shape index (κ3) is 13.6. The van der Waals surface area contributed by atoms with E-state index in [1.807, 2.05) is 11.2 Å². The van der Waals surface area contributed by atoms with Crippen molar-refractivity contribution >= 4 is 34.1 Å². The number of ether oxygens (including phenoxy) is 5. The zero-order chi connectivity index (χ0) is 58.9. The molecule has 2 saturated carbocycles. The first-order valence-corrected chi connectivity index (χ1v) is 33.3. The molecular weight excluding hydrogens is 1090 g/mol. The molecule has 17 heteroatoms. The lowest BCUT2D eigenvalue weighted by atomic mass is 9.72. The summed E-state index contributed by atoms with van der Waals surface area (Å²) >= 11 is 1.67. The molecule has 7 fully saturated rings. The number of amides is 1. The second-order valence-corrected chi connectivity index (χ2v) is 28.1. The molecule has 85 heavy (non-hydrogen) atoms. The van der Waals surface area contributed by atoms with E-state index in [2.05, 4.69) is 132 Å². The largest absolute Gasteiger partial charge is 0.465 e.